The summed E-state index contributed by atoms with van der Waals surface area (Å²) in [6.07, 6.45) is 3.67. The number of rotatable bonds is 6. The summed E-state index contributed by atoms with van der Waals surface area (Å²) in [5, 5.41) is 10.2. The van der Waals surface area contributed by atoms with Crippen molar-refractivity contribution in [2.45, 2.75) is 19.1 Å². The maximum absolute atomic E-state index is 12.6. The zero-order valence-electron chi connectivity index (χ0n) is 13.8. The molecule has 2 N–H and O–H groups in total. The maximum Gasteiger partial charge on any atom is 0.387 e. The fourth-order valence-corrected chi connectivity index (χ4v) is 3.11. The van der Waals surface area contributed by atoms with Gasteiger partial charge < -0.3 is 15.4 Å². The SMILES string of the molecule is Cn1cc([C@H]2CNC[C@@H]2C(=O)NCc2ccccc2OC(F)F)cn1. The van der Waals surface area contributed by atoms with Crippen LogP contribution in [0.25, 0.3) is 0 Å². The first-order valence-electron chi connectivity index (χ1n) is 8.04. The molecule has 1 aliphatic heterocycles. The average Bonchev–Trinajstić information content (AvgIpc) is 3.21. The van der Waals surface area contributed by atoms with Gasteiger partial charge in [-0.1, -0.05) is 18.2 Å². The van der Waals surface area contributed by atoms with Gasteiger partial charge in [-0.15, -0.1) is 0 Å². The van der Waals surface area contributed by atoms with E-state index in [4.69, 9.17) is 0 Å². The van der Waals surface area contributed by atoms with Crippen LogP contribution in [0.5, 0.6) is 5.75 Å². The molecule has 1 aliphatic rings. The number of carbonyl (C=O) groups excluding carboxylic acids is 1. The normalized spacial score (nSPS) is 20.0. The average molecular weight is 350 g/mol. The van der Waals surface area contributed by atoms with E-state index in [0.29, 0.717) is 18.7 Å². The maximum atomic E-state index is 12.6. The highest BCUT2D eigenvalue weighted by atomic mass is 19.3. The molecule has 1 amide bonds. The summed E-state index contributed by atoms with van der Waals surface area (Å²) in [6.45, 7) is -1.49. The summed E-state index contributed by atoms with van der Waals surface area (Å²) in [5.74, 6) is -0.231. The Balaban J connectivity index is 1.64. The molecule has 1 aromatic heterocycles. The monoisotopic (exact) mass is 350 g/mol. The second-order valence-electron chi connectivity index (χ2n) is 6.02. The number of nitrogens with zero attached hydrogens (tertiary/aromatic N) is 2. The van der Waals surface area contributed by atoms with E-state index in [1.54, 1.807) is 29.1 Å². The number of aromatic nitrogens is 2. The Morgan fingerprint density at radius 1 is 1.44 bits per heavy atom. The van der Waals surface area contributed by atoms with Crippen molar-refractivity contribution in [1.29, 1.82) is 0 Å². The molecule has 0 unspecified atom stereocenters. The number of ether oxygens (including phenoxy) is 1. The molecule has 1 fully saturated rings. The molecule has 6 nitrogen and oxygen atoms in total. The molecule has 0 radical (unpaired) electrons. The fraction of sp³-hybridized carbons (Fsp3) is 0.412. The predicted octanol–water partition coefficient (Wildman–Crippen LogP) is 1.64. The fourth-order valence-electron chi connectivity index (χ4n) is 3.11. The van der Waals surface area contributed by atoms with Gasteiger partial charge in [0.2, 0.25) is 5.91 Å². The quantitative estimate of drug-likeness (QED) is 0.831. The number of aryl methyl sites for hydroxylation is 1. The largest absolute Gasteiger partial charge is 0.434 e. The molecule has 3 rings (SSSR count). The van der Waals surface area contributed by atoms with Crippen LogP contribution in [0.4, 0.5) is 8.78 Å². The summed E-state index contributed by atoms with van der Waals surface area (Å²) in [4.78, 5) is 12.6. The minimum absolute atomic E-state index is 0.0428. The third kappa shape index (κ3) is 4.14. The van der Waals surface area contributed by atoms with E-state index < -0.39 is 6.61 Å². The summed E-state index contributed by atoms with van der Waals surface area (Å²) in [6, 6.07) is 6.45. The zero-order chi connectivity index (χ0) is 17.8. The number of benzene rings is 1. The van der Waals surface area contributed by atoms with Gasteiger partial charge in [-0.2, -0.15) is 13.9 Å². The third-order valence-corrected chi connectivity index (χ3v) is 4.35. The smallest absolute Gasteiger partial charge is 0.387 e. The van der Waals surface area contributed by atoms with Crippen molar-refractivity contribution in [2.75, 3.05) is 13.1 Å². The van der Waals surface area contributed by atoms with Gasteiger partial charge in [-0.05, 0) is 11.6 Å². The van der Waals surface area contributed by atoms with Gasteiger partial charge in [-0.25, -0.2) is 0 Å². The topological polar surface area (TPSA) is 68.2 Å². The summed E-state index contributed by atoms with van der Waals surface area (Å²) < 4.78 is 31.1. The van der Waals surface area contributed by atoms with Crippen LogP contribution in [0, 0.1) is 5.92 Å². The lowest BCUT2D eigenvalue weighted by Gasteiger charge is -2.18. The van der Waals surface area contributed by atoms with Gasteiger partial charge in [0, 0.05) is 44.4 Å². The Morgan fingerprint density at radius 2 is 2.24 bits per heavy atom. The summed E-state index contributed by atoms with van der Waals surface area (Å²) >= 11 is 0. The number of halogens is 2. The van der Waals surface area contributed by atoms with Crippen LogP contribution in [0.3, 0.4) is 0 Å². The number of para-hydroxylation sites is 1. The Morgan fingerprint density at radius 3 is 2.96 bits per heavy atom. The molecule has 8 heteroatoms. The van der Waals surface area contributed by atoms with E-state index in [1.807, 2.05) is 13.2 Å². The second-order valence-corrected chi connectivity index (χ2v) is 6.02. The van der Waals surface area contributed by atoms with Crippen LogP contribution in [-0.4, -0.2) is 35.4 Å². The first-order chi connectivity index (χ1) is 12.0. The molecule has 134 valence electrons. The van der Waals surface area contributed by atoms with E-state index in [0.717, 1.165) is 5.56 Å². The zero-order valence-corrected chi connectivity index (χ0v) is 13.8. The summed E-state index contributed by atoms with van der Waals surface area (Å²) in [7, 11) is 1.83. The predicted molar refractivity (Wildman–Crippen MR) is 87.2 cm³/mol. The lowest BCUT2D eigenvalue weighted by Crippen LogP contribution is -2.34. The van der Waals surface area contributed by atoms with E-state index in [1.165, 1.54) is 6.07 Å². The van der Waals surface area contributed by atoms with Crippen LogP contribution in [-0.2, 0) is 18.4 Å². The molecule has 0 spiro atoms. The minimum atomic E-state index is -2.90. The Hall–Kier alpha value is -2.48. The van der Waals surface area contributed by atoms with Crippen molar-refractivity contribution >= 4 is 5.91 Å². The van der Waals surface area contributed by atoms with Gasteiger partial charge in [0.25, 0.3) is 0 Å². The van der Waals surface area contributed by atoms with Crippen molar-refractivity contribution in [1.82, 2.24) is 20.4 Å². The molecule has 2 aromatic rings. The molecule has 0 bridgehead atoms. The van der Waals surface area contributed by atoms with Gasteiger partial charge >= 0.3 is 6.61 Å². The first-order valence-corrected chi connectivity index (χ1v) is 8.04. The number of nitrogens with one attached hydrogen (secondary N) is 2. The highest BCUT2D eigenvalue weighted by Gasteiger charge is 2.34. The molecule has 1 aromatic carbocycles. The van der Waals surface area contributed by atoms with E-state index in [2.05, 4.69) is 20.5 Å². The van der Waals surface area contributed by atoms with Crippen LogP contribution in [0.1, 0.15) is 17.0 Å². The van der Waals surface area contributed by atoms with E-state index >= 15 is 0 Å². The Labute approximate surface area is 144 Å². The van der Waals surface area contributed by atoms with Gasteiger partial charge in [0.05, 0.1) is 12.1 Å². The van der Waals surface area contributed by atoms with Crippen LogP contribution < -0.4 is 15.4 Å². The van der Waals surface area contributed by atoms with Gasteiger partial charge in [0.15, 0.2) is 0 Å². The highest BCUT2D eigenvalue weighted by molar-refractivity contribution is 5.80. The number of carbonyl (C=O) groups is 1. The molecule has 2 heterocycles. The van der Waals surface area contributed by atoms with Gasteiger partial charge in [-0.3, -0.25) is 9.48 Å². The standard InChI is InChI=1S/C17H20F2N4O2/c1-23-10-12(7-22-23)13-8-20-9-14(13)16(24)21-6-11-4-2-3-5-15(11)25-17(18)19/h2-5,7,10,13-14,17,20H,6,8-9H2,1H3,(H,21,24)/t13-,14+/m1/s1. The third-order valence-electron chi connectivity index (χ3n) is 4.35. The lowest BCUT2D eigenvalue weighted by molar-refractivity contribution is -0.125. The summed E-state index contributed by atoms with van der Waals surface area (Å²) in [5.41, 5.74) is 1.52. The van der Waals surface area contributed by atoms with Crippen molar-refractivity contribution in [3.8, 4) is 5.75 Å². The molecule has 0 aliphatic carbocycles. The van der Waals surface area contributed by atoms with Crippen molar-refractivity contribution in [2.24, 2.45) is 13.0 Å². The van der Waals surface area contributed by atoms with Gasteiger partial charge in [0.1, 0.15) is 5.75 Å². The van der Waals surface area contributed by atoms with Crippen molar-refractivity contribution in [3.63, 3.8) is 0 Å². The first kappa shape index (κ1) is 17.3. The molecule has 1 saturated heterocycles. The second kappa shape index (κ2) is 7.60. The number of hydrogen-bond donors (Lipinski definition) is 2. The molecule has 2 atom stereocenters. The van der Waals surface area contributed by atoms with Crippen LogP contribution >= 0.6 is 0 Å². The van der Waals surface area contributed by atoms with Crippen LogP contribution in [0.15, 0.2) is 36.7 Å². The number of hydrogen-bond acceptors (Lipinski definition) is 4. The van der Waals surface area contributed by atoms with E-state index in [-0.39, 0.29) is 30.0 Å². The molecular weight excluding hydrogens is 330 g/mol. The number of amides is 1. The lowest BCUT2D eigenvalue weighted by atomic mass is 9.90. The molecular formula is C17H20F2N4O2. The molecule has 25 heavy (non-hydrogen) atoms. The highest BCUT2D eigenvalue weighted by Crippen LogP contribution is 2.28. The van der Waals surface area contributed by atoms with Crippen molar-refractivity contribution in [3.05, 3.63) is 47.8 Å². The van der Waals surface area contributed by atoms with E-state index in [9.17, 15) is 13.6 Å². The number of alkyl halides is 2. The Bertz CT molecular complexity index is 735. The van der Waals surface area contributed by atoms with Crippen molar-refractivity contribution < 1.29 is 18.3 Å². The molecule has 0 saturated carbocycles. The Kier molecular flexibility index (Phi) is 5.28. The van der Waals surface area contributed by atoms with Crippen LogP contribution in [0.2, 0.25) is 0 Å². The minimum Gasteiger partial charge on any atom is -0.434 e.